The van der Waals surface area contributed by atoms with Crippen LogP contribution in [0.1, 0.15) is 6.42 Å². The molecule has 0 bridgehead atoms. The first kappa shape index (κ1) is 20.0. The van der Waals surface area contributed by atoms with Crippen molar-refractivity contribution in [3.63, 3.8) is 0 Å². The highest BCUT2D eigenvalue weighted by Crippen LogP contribution is 2.05. The second-order valence-electron chi connectivity index (χ2n) is 3.84. The molecule has 0 saturated heterocycles. The van der Waals surface area contributed by atoms with E-state index in [1.807, 2.05) is 0 Å². The Balaban J connectivity index is 5.16. The van der Waals surface area contributed by atoms with Gasteiger partial charge in [-0.2, -0.15) is 0 Å². The van der Waals surface area contributed by atoms with Crippen LogP contribution in [0.15, 0.2) is 11.9 Å². The minimum absolute atomic E-state index is 0.0500. The van der Waals surface area contributed by atoms with Crippen molar-refractivity contribution >= 4 is 24.2 Å². The van der Waals surface area contributed by atoms with Crippen molar-refractivity contribution < 1.29 is 38.1 Å². The number of rotatable bonds is 6. The predicted octanol–water partition coefficient (Wildman–Crippen LogP) is -0.172. The number of carbonyl (C=O) groups is 4. The fraction of sp³-hybridized carbons (Fsp3) is 0.500. The lowest BCUT2D eigenvalue weighted by atomic mass is 10.1. The van der Waals surface area contributed by atoms with E-state index in [4.69, 9.17) is 0 Å². The summed E-state index contributed by atoms with van der Waals surface area (Å²) in [6.45, 7) is 0. The van der Waals surface area contributed by atoms with E-state index in [1.165, 1.54) is 0 Å². The Bertz CT molecular complexity index is 477. The maximum atomic E-state index is 11.7. The maximum Gasteiger partial charge on any atom is 0.411 e. The average molecular weight is 333 g/mol. The molecule has 0 spiro atoms. The van der Waals surface area contributed by atoms with Gasteiger partial charge >= 0.3 is 24.2 Å². The zero-order valence-electron chi connectivity index (χ0n) is 13.1. The minimum Gasteiger partial charge on any atom is -0.467 e. The molecule has 0 unspecified atom stereocenters. The molecule has 0 aromatic heterocycles. The van der Waals surface area contributed by atoms with Gasteiger partial charge in [0.05, 0.1) is 28.4 Å². The van der Waals surface area contributed by atoms with Gasteiger partial charge in [0.2, 0.25) is 0 Å². The number of hydrogen-bond donors (Lipinski definition) is 3. The second-order valence-corrected chi connectivity index (χ2v) is 3.84. The summed E-state index contributed by atoms with van der Waals surface area (Å²) in [5.41, 5.74) is 0.0500. The zero-order chi connectivity index (χ0) is 17.8. The molecule has 11 nitrogen and oxygen atoms in total. The van der Waals surface area contributed by atoms with Crippen LogP contribution in [0, 0.1) is 0 Å². The molecule has 11 heteroatoms. The molecule has 3 amide bonds. The Morgan fingerprint density at radius 1 is 0.870 bits per heavy atom. The summed E-state index contributed by atoms with van der Waals surface area (Å²) in [5, 5.41) is 6.71. The van der Waals surface area contributed by atoms with Crippen molar-refractivity contribution in [2.75, 3.05) is 28.4 Å². The zero-order valence-corrected chi connectivity index (χ0v) is 13.1. The van der Waals surface area contributed by atoms with Gasteiger partial charge in [0.25, 0.3) is 0 Å². The van der Waals surface area contributed by atoms with Gasteiger partial charge in [0, 0.05) is 18.3 Å². The van der Waals surface area contributed by atoms with Gasteiger partial charge < -0.3 is 24.3 Å². The third kappa shape index (κ3) is 8.14. The monoisotopic (exact) mass is 333 g/mol. The van der Waals surface area contributed by atoms with Crippen molar-refractivity contribution in [2.24, 2.45) is 0 Å². The number of nitrogens with one attached hydrogen (secondary N) is 3. The molecular formula is C12H19N3O8. The number of amides is 3. The molecule has 0 rings (SSSR count). The molecule has 3 N–H and O–H groups in total. The van der Waals surface area contributed by atoms with Crippen LogP contribution in [-0.2, 0) is 23.7 Å². The van der Waals surface area contributed by atoms with Crippen molar-refractivity contribution in [3.8, 4) is 0 Å². The normalized spacial score (nSPS) is 11.6. The number of alkyl carbamates (subject to hydrolysis) is 3. The summed E-state index contributed by atoms with van der Waals surface area (Å²) in [6, 6.07) is -1.17. The van der Waals surface area contributed by atoms with Gasteiger partial charge in [-0.1, -0.05) is 0 Å². The Morgan fingerprint density at radius 3 is 1.91 bits per heavy atom. The van der Waals surface area contributed by atoms with Crippen LogP contribution in [0.3, 0.4) is 0 Å². The lowest BCUT2D eigenvalue weighted by molar-refractivity contribution is -0.143. The highest BCUT2D eigenvalue weighted by atomic mass is 16.5. The number of methoxy groups -OCH3 is 4. The molecule has 1 atom stereocenters. The smallest absolute Gasteiger partial charge is 0.411 e. The van der Waals surface area contributed by atoms with Gasteiger partial charge in [-0.05, 0) is 0 Å². The summed E-state index contributed by atoms with van der Waals surface area (Å²) >= 11 is 0. The molecule has 0 aliphatic heterocycles. The first-order valence-electron chi connectivity index (χ1n) is 6.18. The molecular weight excluding hydrogens is 314 g/mol. The van der Waals surface area contributed by atoms with E-state index >= 15 is 0 Å². The molecule has 23 heavy (non-hydrogen) atoms. The van der Waals surface area contributed by atoms with Crippen LogP contribution in [0.25, 0.3) is 0 Å². The molecule has 0 saturated carbocycles. The standard InChI is InChI=1S/C12H19N3O8/c1-20-9(16)8(15-12(19)23-4)5-7(14-11(18)22-3)6-13-10(17)21-2/h6,8H,5H2,1-4H3,(H,13,17)(H,14,18)(H,15,19)/t8-/m0/s1. The largest absolute Gasteiger partial charge is 0.467 e. The Hall–Kier alpha value is -2.98. The second kappa shape index (κ2) is 10.7. The lowest BCUT2D eigenvalue weighted by Crippen LogP contribution is -2.43. The van der Waals surface area contributed by atoms with E-state index in [0.29, 0.717) is 0 Å². The van der Waals surface area contributed by atoms with Gasteiger partial charge in [-0.15, -0.1) is 0 Å². The number of carbonyl (C=O) groups excluding carboxylic acids is 4. The third-order valence-electron chi connectivity index (χ3n) is 2.38. The molecule has 0 radical (unpaired) electrons. The summed E-state index contributed by atoms with van der Waals surface area (Å²) in [5.74, 6) is -0.786. The van der Waals surface area contributed by atoms with E-state index in [-0.39, 0.29) is 12.1 Å². The molecule has 0 aromatic carbocycles. The van der Waals surface area contributed by atoms with Crippen LogP contribution in [0.4, 0.5) is 14.4 Å². The van der Waals surface area contributed by atoms with E-state index in [0.717, 1.165) is 34.6 Å². The summed E-state index contributed by atoms with van der Waals surface area (Å²) in [7, 11) is 4.52. The average Bonchev–Trinajstić information content (AvgIpc) is 2.57. The van der Waals surface area contributed by atoms with E-state index in [2.05, 4.69) is 34.9 Å². The molecule has 0 aromatic rings. The first-order valence-corrected chi connectivity index (χ1v) is 6.18. The van der Waals surface area contributed by atoms with E-state index < -0.39 is 30.3 Å². The highest BCUT2D eigenvalue weighted by molar-refractivity contribution is 5.81. The Kier molecular flexibility index (Phi) is 9.32. The van der Waals surface area contributed by atoms with E-state index in [1.54, 1.807) is 0 Å². The number of hydrogen-bond acceptors (Lipinski definition) is 8. The fourth-order valence-electron chi connectivity index (χ4n) is 1.29. The number of esters is 1. The van der Waals surface area contributed by atoms with Crippen LogP contribution in [0.2, 0.25) is 0 Å². The van der Waals surface area contributed by atoms with Crippen molar-refractivity contribution in [2.45, 2.75) is 12.5 Å². The van der Waals surface area contributed by atoms with Crippen molar-refractivity contribution in [3.05, 3.63) is 11.9 Å². The third-order valence-corrected chi connectivity index (χ3v) is 2.38. The predicted molar refractivity (Wildman–Crippen MR) is 75.1 cm³/mol. The molecule has 0 fully saturated rings. The van der Waals surface area contributed by atoms with Crippen molar-refractivity contribution in [1.29, 1.82) is 0 Å². The van der Waals surface area contributed by atoms with Gasteiger partial charge in [0.1, 0.15) is 6.04 Å². The summed E-state index contributed by atoms with van der Waals surface area (Å²) < 4.78 is 17.7. The SMILES string of the molecule is COC(=O)NC=C(C[C@H](NC(=O)OC)C(=O)OC)NC(=O)OC. The molecule has 0 heterocycles. The fourth-order valence-corrected chi connectivity index (χ4v) is 1.29. The highest BCUT2D eigenvalue weighted by Gasteiger charge is 2.24. The summed E-state index contributed by atoms with van der Waals surface area (Å²) in [6.07, 6.45) is -1.66. The van der Waals surface area contributed by atoms with Crippen LogP contribution < -0.4 is 16.0 Å². The quantitative estimate of drug-likeness (QED) is 0.449. The maximum absolute atomic E-state index is 11.7. The Labute approximate surface area is 132 Å². The van der Waals surface area contributed by atoms with E-state index in [9.17, 15) is 19.2 Å². The van der Waals surface area contributed by atoms with Crippen LogP contribution in [-0.4, -0.2) is 58.7 Å². The van der Waals surface area contributed by atoms with Crippen molar-refractivity contribution in [1.82, 2.24) is 16.0 Å². The van der Waals surface area contributed by atoms with Gasteiger partial charge in [-0.3, -0.25) is 10.6 Å². The topological polar surface area (TPSA) is 141 Å². The minimum atomic E-state index is -1.17. The van der Waals surface area contributed by atoms with Gasteiger partial charge in [0.15, 0.2) is 0 Å². The molecule has 130 valence electrons. The summed E-state index contributed by atoms with van der Waals surface area (Å²) in [4.78, 5) is 45.3. The number of ether oxygens (including phenoxy) is 4. The first-order chi connectivity index (χ1) is 10.9. The molecule has 0 aliphatic carbocycles. The lowest BCUT2D eigenvalue weighted by Gasteiger charge is -2.17. The van der Waals surface area contributed by atoms with Gasteiger partial charge in [-0.25, -0.2) is 19.2 Å². The van der Waals surface area contributed by atoms with Crippen LogP contribution in [0.5, 0.6) is 0 Å². The van der Waals surface area contributed by atoms with Crippen LogP contribution >= 0.6 is 0 Å². The Morgan fingerprint density at radius 2 is 1.43 bits per heavy atom. The molecule has 0 aliphatic rings.